The Balaban J connectivity index is 2.78. The summed E-state index contributed by atoms with van der Waals surface area (Å²) in [6.07, 6.45) is 2.39. The van der Waals surface area contributed by atoms with E-state index < -0.39 is 17.4 Å². The lowest BCUT2D eigenvalue weighted by Crippen LogP contribution is -1.97. The molecule has 2 nitrogen and oxygen atoms in total. The molecule has 0 saturated carbocycles. The monoisotopic (exact) mass is 212 g/mol. The maximum Gasteiger partial charge on any atom is 0.188 e. The van der Waals surface area contributed by atoms with Crippen LogP contribution in [-0.4, -0.2) is 12.4 Å². The maximum atomic E-state index is 12.7. The van der Waals surface area contributed by atoms with Crippen molar-refractivity contribution >= 4 is 5.78 Å². The minimum absolute atomic E-state index is 0.0878. The highest BCUT2D eigenvalue weighted by molar-refractivity contribution is 6.04. The molecule has 0 atom stereocenters. The van der Waals surface area contributed by atoms with Crippen LogP contribution in [0.5, 0.6) is 0 Å². The second-order valence-corrected chi connectivity index (χ2v) is 2.75. The Morgan fingerprint density at radius 3 is 2.73 bits per heavy atom. The van der Waals surface area contributed by atoms with Crippen LogP contribution in [0.15, 0.2) is 30.5 Å². The van der Waals surface area contributed by atoms with E-state index in [1.54, 1.807) is 6.92 Å². The normalized spacial score (nSPS) is 10.6. The summed E-state index contributed by atoms with van der Waals surface area (Å²) < 4.78 is 30.1. The van der Waals surface area contributed by atoms with Gasteiger partial charge in [-0.25, -0.2) is 8.78 Å². The summed E-state index contributed by atoms with van der Waals surface area (Å²) in [5.74, 6) is -2.44. The summed E-state index contributed by atoms with van der Waals surface area (Å²) in [7, 11) is 0. The van der Waals surface area contributed by atoms with Gasteiger partial charge in [-0.2, -0.15) is 0 Å². The number of hydrogen-bond acceptors (Lipinski definition) is 2. The standard InChI is InChI=1S/C11H10F2O2/c1-2-15-6-5-11(14)8-3-4-9(12)10(13)7-8/h3-7H,2H2,1H3/b6-5+. The first-order chi connectivity index (χ1) is 7.15. The van der Waals surface area contributed by atoms with Crippen LogP contribution in [0.4, 0.5) is 8.78 Å². The molecule has 0 amide bonds. The number of halogens is 2. The summed E-state index contributed by atoms with van der Waals surface area (Å²) in [5.41, 5.74) is 0.0878. The van der Waals surface area contributed by atoms with Gasteiger partial charge in [-0.05, 0) is 25.1 Å². The van der Waals surface area contributed by atoms with Gasteiger partial charge in [0.1, 0.15) is 0 Å². The van der Waals surface area contributed by atoms with E-state index in [1.807, 2.05) is 0 Å². The second kappa shape index (κ2) is 5.24. The largest absolute Gasteiger partial charge is 0.501 e. The van der Waals surface area contributed by atoms with Crippen molar-refractivity contribution in [3.8, 4) is 0 Å². The van der Waals surface area contributed by atoms with Crippen molar-refractivity contribution in [3.63, 3.8) is 0 Å². The third-order valence-corrected chi connectivity index (χ3v) is 1.69. The van der Waals surface area contributed by atoms with Gasteiger partial charge < -0.3 is 4.74 Å². The molecule has 0 aromatic heterocycles. The first-order valence-electron chi connectivity index (χ1n) is 4.42. The van der Waals surface area contributed by atoms with Gasteiger partial charge in [0, 0.05) is 11.6 Å². The number of ether oxygens (including phenoxy) is 1. The van der Waals surface area contributed by atoms with Gasteiger partial charge in [-0.1, -0.05) is 0 Å². The van der Waals surface area contributed by atoms with Crippen LogP contribution in [0.25, 0.3) is 0 Å². The Morgan fingerprint density at radius 1 is 1.40 bits per heavy atom. The van der Waals surface area contributed by atoms with Crippen LogP contribution < -0.4 is 0 Å². The van der Waals surface area contributed by atoms with E-state index in [0.717, 1.165) is 18.2 Å². The highest BCUT2D eigenvalue weighted by Gasteiger charge is 2.06. The third kappa shape index (κ3) is 3.16. The number of ketones is 1. The van der Waals surface area contributed by atoms with Crippen LogP contribution in [0, 0.1) is 11.6 Å². The van der Waals surface area contributed by atoms with Crippen molar-refractivity contribution in [2.75, 3.05) is 6.61 Å². The van der Waals surface area contributed by atoms with Gasteiger partial charge in [0.15, 0.2) is 17.4 Å². The summed E-state index contributed by atoms with van der Waals surface area (Å²) in [6.45, 7) is 2.22. The zero-order valence-corrected chi connectivity index (χ0v) is 8.17. The molecule has 0 unspecified atom stereocenters. The molecule has 0 heterocycles. The highest BCUT2D eigenvalue weighted by Crippen LogP contribution is 2.09. The van der Waals surface area contributed by atoms with Gasteiger partial charge >= 0.3 is 0 Å². The number of allylic oxidation sites excluding steroid dienone is 1. The molecule has 0 fully saturated rings. The van der Waals surface area contributed by atoms with Crippen molar-refractivity contribution in [2.45, 2.75) is 6.92 Å². The fourth-order valence-electron chi connectivity index (χ4n) is 0.952. The van der Waals surface area contributed by atoms with Crippen molar-refractivity contribution in [2.24, 2.45) is 0 Å². The zero-order chi connectivity index (χ0) is 11.3. The van der Waals surface area contributed by atoms with Crippen LogP contribution in [0.1, 0.15) is 17.3 Å². The van der Waals surface area contributed by atoms with Crippen LogP contribution in [0.3, 0.4) is 0 Å². The molecule has 0 aliphatic carbocycles. The summed E-state index contributed by atoms with van der Waals surface area (Å²) in [4.78, 5) is 11.3. The first kappa shape index (κ1) is 11.4. The minimum Gasteiger partial charge on any atom is -0.501 e. The topological polar surface area (TPSA) is 26.3 Å². The lowest BCUT2D eigenvalue weighted by atomic mass is 10.1. The molecule has 0 spiro atoms. The van der Waals surface area contributed by atoms with Crippen molar-refractivity contribution in [1.29, 1.82) is 0 Å². The van der Waals surface area contributed by atoms with E-state index in [-0.39, 0.29) is 5.56 Å². The number of carbonyl (C=O) groups is 1. The Kier molecular flexibility index (Phi) is 3.97. The molecule has 1 aromatic rings. The molecule has 0 bridgehead atoms. The van der Waals surface area contributed by atoms with Crippen LogP contribution >= 0.6 is 0 Å². The molecule has 4 heteroatoms. The SMILES string of the molecule is CCO/C=C/C(=O)c1ccc(F)c(F)c1. The summed E-state index contributed by atoms with van der Waals surface area (Å²) in [6, 6.07) is 2.99. The molecular weight excluding hydrogens is 202 g/mol. The molecule has 0 radical (unpaired) electrons. The molecule has 1 rings (SSSR count). The van der Waals surface area contributed by atoms with E-state index in [9.17, 15) is 13.6 Å². The third-order valence-electron chi connectivity index (χ3n) is 1.69. The van der Waals surface area contributed by atoms with Crippen molar-refractivity contribution in [1.82, 2.24) is 0 Å². The molecular formula is C11H10F2O2. The van der Waals surface area contributed by atoms with Gasteiger partial charge in [0.25, 0.3) is 0 Å². The van der Waals surface area contributed by atoms with Crippen molar-refractivity contribution < 1.29 is 18.3 Å². The zero-order valence-electron chi connectivity index (χ0n) is 8.17. The average Bonchev–Trinajstić information content (AvgIpc) is 2.22. The molecule has 80 valence electrons. The smallest absolute Gasteiger partial charge is 0.188 e. The maximum absolute atomic E-state index is 12.7. The van der Waals surface area contributed by atoms with E-state index in [2.05, 4.69) is 0 Å². The Morgan fingerprint density at radius 2 is 2.13 bits per heavy atom. The molecule has 15 heavy (non-hydrogen) atoms. The molecule has 0 aliphatic heterocycles. The van der Waals surface area contributed by atoms with Gasteiger partial charge in [-0.3, -0.25) is 4.79 Å². The van der Waals surface area contributed by atoms with Crippen LogP contribution in [0.2, 0.25) is 0 Å². The summed E-state index contributed by atoms with van der Waals surface area (Å²) >= 11 is 0. The Labute approximate surface area is 86.2 Å². The van der Waals surface area contributed by atoms with Crippen molar-refractivity contribution in [3.05, 3.63) is 47.7 Å². The molecule has 1 aromatic carbocycles. The second-order valence-electron chi connectivity index (χ2n) is 2.75. The average molecular weight is 212 g/mol. The number of rotatable bonds is 4. The number of carbonyl (C=O) groups excluding carboxylic acids is 1. The predicted octanol–water partition coefficient (Wildman–Crippen LogP) is 2.70. The minimum atomic E-state index is -1.04. The quantitative estimate of drug-likeness (QED) is 0.435. The first-order valence-corrected chi connectivity index (χ1v) is 4.42. The molecule has 0 aliphatic rings. The predicted molar refractivity (Wildman–Crippen MR) is 51.5 cm³/mol. The van der Waals surface area contributed by atoms with Gasteiger partial charge in [0.05, 0.1) is 12.9 Å². The number of hydrogen-bond donors (Lipinski definition) is 0. The van der Waals surface area contributed by atoms with E-state index in [1.165, 1.54) is 12.3 Å². The molecule has 0 N–H and O–H groups in total. The van der Waals surface area contributed by atoms with Crippen LogP contribution in [-0.2, 0) is 4.74 Å². The van der Waals surface area contributed by atoms with E-state index in [0.29, 0.717) is 6.61 Å². The fraction of sp³-hybridized carbons (Fsp3) is 0.182. The Hall–Kier alpha value is -1.71. The Bertz CT molecular complexity index is 386. The van der Waals surface area contributed by atoms with E-state index >= 15 is 0 Å². The van der Waals surface area contributed by atoms with E-state index in [4.69, 9.17) is 4.74 Å². The molecule has 0 saturated heterocycles. The lowest BCUT2D eigenvalue weighted by Gasteiger charge is -1.97. The summed E-state index contributed by atoms with van der Waals surface area (Å²) in [5, 5.41) is 0. The fourth-order valence-corrected chi connectivity index (χ4v) is 0.952. The number of benzene rings is 1. The van der Waals surface area contributed by atoms with Gasteiger partial charge in [0.2, 0.25) is 0 Å². The van der Waals surface area contributed by atoms with Gasteiger partial charge in [-0.15, -0.1) is 0 Å². The lowest BCUT2D eigenvalue weighted by molar-refractivity contribution is 0.104. The highest BCUT2D eigenvalue weighted by atomic mass is 19.2.